The van der Waals surface area contributed by atoms with Gasteiger partial charge >= 0.3 is 0 Å². The maximum atomic E-state index is 9.24. The predicted molar refractivity (Wildman–Crippen MR) is 169 cm³/mol. The van der Waals surface area contributed by atoms with Crippen molar-refractivity contribution in [1.29, 1.82) is 0 Å². The standard InChI is InChI=1S/C37H28BrN/c1-37(2)35-11-7-6-10-33(35)34-21-20-32(24-36(34)37)39(30-8-4-3-5-9-30)31-18-15-25(16-19-31)26-12-13-28-23-29(38)17-14-27(28)22-26/h3-24H,1-2H3/i15D,16D,18D,19D. The van der Waals surface area contributed by atoms with Gasteiger partial charge in [-0.3, -0.25) is 0 Å². The summed E-state index contributed by atoms with van der Waals surface area (Å²) < 4.78 is 37.7. The van der Waals surface area contributed by atoms with Gasteiger partial charge in [0, 0.05) is 26.9 Å². The number of para-hydroxylation sites is 1. The van der Waals surface area contributed by atoms with E-state index in [1.54, 1.807) is 0 Å². The van der Waals surface area contributed by atoms with E-state index in [2.05, 4.69) is 66.2 Å². The summed E-state index contributed by atoms with van der Waals surface area (Å²) in [5.74, 6) is 0. The third-order valence-corrected chi connectivity index (χ3v) is 8.26. The molecule has 0 amide bonds. The topological polar surface area (TPSA) is 3.24 Å². The van der Waals surface area contributed by atoms with Crippen LogP contribution in [0.5, 0.6) is 0 Å². The summed E-state index contributed by atoms with van der Waals surface area (Å²) in [6, 6.07) is 35.8. The summed E-state index contributed by atoms with van der Waals surface area (Å²) in [5, 5.41) is 2.00. The summed E-state index contributed by atoms with van der Waals surface area (Å²) in [5.41, 5.74) is 7.33. The summed E-state index contributed by atoms with van der Waals surface area (Å²) in [7, 11) is 0. The van der Waals surface area contributed by atoms with E-state index < -0.39 is 0 Å². The molecule has 1 nitrogen and oxygen atoms in total. The molecule has 0 heterocycles. The minimum atomic E-state index is -0.228. The van der Waals surface area contributed by atoms with E-state index in [0.29, 0.717) is 11.1 Å². The van der Waals surface area contributed by atoms with Crippen molar-refractivity contribution in [2.45, 2.75) is 19.3 Å². The molecular formula is C37H28BrN. The second-order valence-electron chi connectivity index (χ2n) is 10.5. The first-order chi connectivity index (χ1) is 20.7. The van der Waals surface area contributed by atoms with Crippen LogP contribution in [0.15, 0.2) is 138 Å². The lowest BCUT2D eigenvalue weighted by molar-refractivity contribution is 0.660. The quantitative estimate of drug-likeness (QED) is 0.204. The van der Waals surface area contributed by atoms with Crippen LogP contribution >= 0.6 is 15.9 Å². The average molecular weight is 571 g/mol. The summed E-state index contributed by atoms with van der Waals surface area (Å²) in [4.78, 5) is 1.86. The smallest absolute Gasteiger partial charge is 0.0645 e. The van der Waals surface area contributed by atoms with Gasteiger partial charge in [0.15, 0.2) is 0 Å². The van der Waals surface area contributed by atoms with Crippen LogP contribution in [-0.2, 0) is 5.41 Å². The molecular weight excluding hydrogens is 538 g/mol. The SMILES string of the molecule is [2H]c1c([2H])c(N(c2ccccc2)c2ccc3c(c2)C(C)(C)c2ccccc2-3)c([2H])c([2H])c1-c1ccc2cc(Br)ccc2c1. The highest BCUT2D eigenvalue weighted by molar-refractivity contribution is 9.10. The lowest BCUT2D eigenvalue weighted by Crippen LogP contribution is -2.16. The minimum absolute atomic E-state index is 0.0673. The van der Waals surface area contributed by atoms with Crippen LogP contribution in [0.1, 0.15) is 30.5 Å². The number of hydrogen-bond donors (Lipinski definition) is 0. The summed E-state index contributed by atoms with van der Waals surface area (Å²) in [6.45, 7) is 4.45. The Hall–Kier alpha value is -4.14. The van der Waals surface area contributed by atoms with Crippen molar-refractivity contribution in [3.05, 3.63) is 149 Å². The molecule has 0 spiro atoms. The van der Waals surface area contributed by atoms with Crippen LogP contribution in [0.2, 0.25) is 0 Å². The molecule has 39 heavy (non-hydrogen) atoms. The van der Waals surface area contributed by atoms with Crippen molar-refractivity contribution < 1.29 is 5.48 Å². The van der Waals surface area contributed by atoms with E-state index in [1.165, 1.54) is 22.3 Å². The molecule has 2 heteroatoms. The van der Waals surface area contributed by atoms with E-state index in [-0.39, 0.29) is 35.3 Å². The van der Waals surface area contributed by atoms with E-state index in [1.807, 2.05) is 77.7 Å². The van der Waals surface area contributed by atoms with Gasteiger partial charge in [-0.2, -0.15) is 0 Å². The zero-order valence-corrected chi connectivity index (χ0v) is 23.3. The van der Waals surface area contributed by atoms with Gasteiger partial charge in [-0.15, -0.1) is 0 Å². The molecule has 0 radical (unpaired) electrons. The van der Waals surface area contributed by atoms with Gasteiger partial charge in [0.05, 0.1) is 5.48 Å². The molecule has 0 aliphatic heterocycles. The number of benzene rings is 6. The van der Waals surface area contributed by atoms with Gasteiger partial charge in [-0.25, -0.2) is 0 Å². The monoisotopic (exact) mass is 569 g/mol. The molecule has 0 saturated carbocycles. The van der Waals surface area contributed by atoms with Crippen molar-refractivity contribution in [3.63, 3.8) is 0 Å². The van der Waals surface area contributed by atoms with E-state index in [0.717, 1.165) is 26.6 Å². The summed E-state index contributed by atoms with van der Waals surface area (Å²) in [6.07, 6.45) is 0. The first kappa shape index (κ1) is 19.9. The average Bonchev–Trinajstić information content (AvgIpc) is 3.25. The van der Waals surface area contributed by atoms with Gasteiger partial charge in [-0.05, 0) is 98.7 Å². The number of nitrogens with zero attached hydrogens (tertiary/aromatic N) is 1. The fraction of sp³-hybridized carbons (Fsp3) is 0.0811. The van der Waals surface area contributed by atoms with E-state index in [4.69, 9.17) is 2.74 Å². The van der Waals surface area contributed by atoms with Crippen molar-refractivity contribution >= 4 is 43.8 Å². The molecule has 1 aliphatic carbocycles. The first-order valence-corrected chi connectivity index (χ1v) is 13.9. The number of rotatable bonds is 4. The van der Waals surface area contributed by atoms with Gasteiger partial charge in [-0.1, -0.05) is 109 Å². The van der Waals surface area contributed by atoms with E-state index >= 15 is 0 Å². The molecule has 0 N–H and O–H groups in total. The normalized spacial score (nSPS) is 14.6. The molecule has 6 aromatic rings. The Bertz CT molecular complexity index is 2040. The first-order valence-electron chi connectivity index (χ1n) is 15.1. The largest absolute Gasteiger partial charge is 0.310 e. The molecule has 0 unspecified atom stereocenters. The highest BCUT2D eigenvalue weighted by Crippen LogP contribution is 2.50. The van der Waals surface area contributed by atoms with Gasteiger partial charge < -0.3 is 4.90 Å². The summed E-state index contributed by atoms with van der Waals surface area (Å²) >= 11 is 3.51. The zero-order valence-electron chi connectivity index (χ0n) is 25.7. The van der Waals surface area contributed by atoms with Crippen LogP contribution in [-0.4, -0.2) is 0 Å². The Balaban J connectivity index is 1.43. The predicted octanol–water partition coefficient (Wildman–Crippen LogP) is 11.0. The molecule has 0 saturated heterocycles. The lowest BCUT2D eigenvalue weighted by atomic mass is 9.82. The van der Waals surface area contributed by atoms with Crippen LogP contribution in [0.4, 0.5) is 17.1 Å². The number of halogens is 1. The Kier molecular flexibility index (Phi) is 4.71. The third kappa shape index (κ3) is 4.07. The molecule has 6 aromatic carbocycles. The second kappa shape index (κ2) is 9.25. The van der Waals surface area contributed by atoms with Crippen LogP contribution in [0.25, 0.3) is 33.0 Å². The molecule has 7 rings (SSSR count). The minimum Gasteiger partial charge on any atom is -0.310 e. The molecule has 0 aromatic heterocycles. The fourth-order valence-corrected chi connectivity index (χ4v) is 6.13. The fourth-order valence-electron chi connectivity index (χ4n) is 5.75. The van der Waals surface area contributed by atoms with Crippen LogP contribution in [0, 0.1) is 0 Å². The highest BCUT2D eigenvalue weighted by Gasteiger charge is 2.35. The van der Waals surface area contributed by atoms with Gasteiger partial charge in [0.2, 0.25) is 0 Å². The Morgan fingerprint density at radius 1 is 0.564 bits per heavy atom. The molecule has 188 valence electrons. The lowest BCUT2D eigenvalue weighted by Gasteiger charge is -2.28. The molecule has 0 fully saturated rings. The Morgan fingerprint density at radius 3 is 2.08 bits per heavy atom. The number of fused-ring (bicyclic) bond motifs is 4. The van der Waals surface area contributed by atoms with Crippen molar-refractivity contribution in [3.8, 4) is 22.3 Å². The Labute approximate surface area is 244 Å². The zero-order chi connectivity index (χ0) is 30.0. The maximum Gasteiger partial charge on any atom is 0.0645 e. The Morgan fingerprint density at radius 2 is 1.26 bits per heavy atom. The van der Waals surface area contributed by atoms with Crippen molar-refractivity contribution in [2.75, 3.05) is 4.90 Å². The second-order valence-corrected chi connectivity index (χ2v) is 11.4. The number of hydrogen-bond acceptors (Lipinski definition) is 1. The van der Waals surface area contributed by atoms with E-state index in [9.17, 15) is 2.74 Å². The number of anilines is 3. The van der Waals surface area contributed by atoms with Crippen molar-refractivity contribution in [1.82, 2.24) is 0 Å². The van der Waals surface area contributed by atoms with Crippen LogP contribution in [0.3, 0.4) is 0 Å². The van der Waals surface area contributed by atoms with Gasteiger partial charge in [0.25, 0.3) is 0 Å². The molecule has 1 aliphatic rings. The molecule has 0 bridgehead atoms. The molecule has 0 atom stereocenters. The maximum absolute atomic E-state index is 9.24. The third-order valence-electron chi connectivity index (χ3n) is 7.77. The highest BCUT2D eigenvalue weighted by atomic mass is 79.9. The van der Waals surface area contributed by atoms with Crippen LogP contribution < -0.4 is 4.90 Å². The van der Waals surface area contributed by atoms with Gasteiger partial charge in [0.1, 0.15) is 0 Å². The van der Waals surface area contributed by atoms with Crippen molar-refractivity contribution in [2.24, 2.45) is 0 Å².